The van der Waals surface area contributed by atoms with E-state index >= 15 is 0 Å². The number of benzene rings is 2. The minimum Gasteiger partial charge on any atom is -0.423 e. The molecule has 0 atom stereocenters. The van der Waals surface area contributed by atoms with E-state index in [-0.39, 0.29) is 0 Å². The van der Waals surface area contributed by atoms with Gasteiger partial charge in [-0.3, -0.25) is 4.98 Å². The number of aromatic nitrogens is 4. The molecule has 0 aliphatic rings. The van der Waals surface area contributed by atoms with Crippen molar-refractivity contribution in [2.45, 2.75) is 27.7 Å². The Bertz CT molecular complexity index is 1140. The normalized spacial score (nSPS) is 9.85. The van der Waals surface area contributed by atoms with E-state index < -0.39 is 7.12 Å². The number of rotatable bonds is 2. The number of aryl methyl sites for hydroxylation is 4. The van der Waals surface area contributed by atoms with Gasteiger partial charge in [-0.25, -0.2) is 15.0 Å². The Kier molecular flexibility index (Phi) is 10.1. The molecular weight excluding hydrogens is 495 g/mol. The number of hydrogen-bond donors (Lipinski definition) is 4. The molecule has 10 heteroatoms. The van der Waals surface area contributed by atoms with Gasteiger partial charge >= 0.3 is 7.12 Å². The van der Waals surface area contributed by atoms with Gasteiger partial charge in [-0.05, 0) is 60.2 Å². The van der Waals surface area contributed by atoms with Gasteiger partial charge in [-0.1, -0.05) is 47.5 Å². The second-order valence-electron chi connectivity index (χ2n) is 7.54. The maximum atomic E-state index is 8.94. The lowest BCUT2D eigenvalue weighted by Crippen LogP contribution is -2.34. The molecule has 34 heavy (non-hydrogen) atoms. The summed E-state index contributed by atoms with van der Waals surface area (Å²) in [5.74, 6) is 0.887. The second-order valence-corrected chi connectivity index (χ2v) is 8.35. The van der Waals surface area contributed by atoms with Crippen LogP contribution in [0.5, 0.6) is 0 Å². The van der Waals surface area contributed by atoms with Gasteiger partial charge in [0.25, 0.3) is 0 Å². The van der Waals surface area contributed by atoms with E-state index in [1.807, 2.05) is 38.1 Å². The quantitative estimate of drug-likeness (QED) is 0.294. The third-order valence-corrected chi connectivity index (χ3v) is 5.26. The topological polar surface area (TPSA) is 144 Å². The monoisotopic (exact) mass is 522 g/mol. The molecule has 4 rings (SSSR count). The molecule has 6 N–H and O–H groups in total. The molecular formula is C24H28BBrN6O2. The second kappa shape index (κ2) is 12.8. The molecule has 176 valence electrons. The molecule has 0 radical (unpaired) electrons. The molecule has 0 saturated heterocycles. The fourth-order valence-corrected chi connectivity index (χ4v) is 3.45. The van der Waals surface area contributed by atoms with Crippen molar-refractivity contribution in [3.8, 4) is 11.3 Å². The Balaban J connectivity index is 0.000000190. The molecule has 0 aliphatic carbocycles. The zero-order chi connectivity index (χ0) is 25.3. The molecule has 4 aromatic rings. The van der Waals surface area contributed by atoms with Crippen LogP contribution >= 0.6 is 15.9 Å². The van der Waals surface area contributed by atoms with Crippen molar-refractivity contribution in [3.05, 3.63) is 88.0 Å². The molecule has 2 aromatic carbocycles. The van der Waals surface area contributed by atoms with Gasteiger partial charge in [0.2, 0.25) is 0 Å². The summed E-state index contributed by atoms with van der Waals surface area (Å²) in [5.41, 5.74) is 17.6. The molecule has 0 fully saturated rings. The minimum atomic E-state index is -1.35. The lowest BCUT2D eigenvalue weighted by atomic mass is 9.74. The molecule has 0 saturated carbocycles. The molecule has 2 aromatic heterocycles. The third-order valence-electron chi connectivity index (χ3n) is 4.85. The summed E-state index contributed by atoms with van der Waals surface area (Å²) in [7, 11) is -1.35. The maximum absolute atomic E-state index is 8.94. The van der Waals surface area contributed by atoms with Gasteiger partial charge in [0.1, 0.15) is 16.2 Å². The van der Waals surface area contributed by atoms with Crippen molar-refractivity contribution >= 4 is 40.1 Å². The first-order valence-corrected chi connectivity index (χ1v) is 11.2. The van der Waals surface area contributed by atoms with Crippen LogP contribution in [0.2, 0.25) is 0 Å². The number of anilines is 2. The van der Waals surface area contributed by atoms with Gasteiger partial charge in [-0.15, -0.1) is 0 Å². The summed E-state index contributed by atoms with van der Waals surface area (Å²) >= 11 is 3.12. The van der Waals surface area contributed by atoms with Crippen LogP contribution in [0.25, 0.3) is 11.3 Å². The van der Waals surface area contributed by atoms with E-state index in [9.17, 15) is 0 Å². The van der Waals surface area contributed by atoms with Gasteiger partial charge in [0, 0.05) is 5.56 Å². The zero-order valence-electron chi connectivity index (χ0n) is 19.6. The number of nitrogens with two attached hydrogens (primary N) is 2. The Labute approximate surface area is 208 Å². The van der Waals surface area contributed by atoms with Crippen LogP contribution in [0.4, 0.5) is 11.6 Å². The van der Waals surface area contributed by atoms with Crippen molar-refractivity contribution < 1.29 is 10.0 Å². The number of halogens is 1. The highest BCUT2D eigenvalue weighted by atomic mass is 79.9. The predicted molar refractivity (Wildman–Crippen MR) is 141 cm³/mol. The highest BCUT2D eigenvalue weighted by Crippen LogP contribution is 2.24. The molecule has 0 unspecified atom stereocenters. The Morgan fingerprint density at radius 2 is 1.15 bits per heavy atom. The van der Waals surface area contributed by atoms with E-state index in [1.165, 1.54) is 17.3 Å². The maximum Gasteiger partial charge on any atom is 0.488 e. The largest absolute Gasteiger partial charge is 0.488 e. The Morgan fingerprint density at radius 3 is 1.50 bits per heavy atom. The summed E-state index contributed by atoms with van der Waals surface area (Å²) in [4.78, 5) is 15.9. The van der Waals surface area contributed by atoms with Gasteiger partial charge < -0.3 is 21.5 Å². The average molecular weight is 523 g/mol. The first kappa shape index (κ1) is 26.9. The molecule has 2 heterocycles. The van der Waals surface area contributed by atoms with Crippen LogP contribution in [0.1, 0.15) is 22.3 Å². The molecule has 0 bridgehead atoms. The van der Waals surface area contributed by atoms with Crippen molar-refractivity contribution in [1.82, 2.24) is 19.9 Å². The minimum absolute atomic E-state index is 0.438. The summed E-state index contributed by atoms with van der Waals surface area (Å²) in [5, 5.41) is 17.9. The molecule has 0 amide bonds. The lowest BCUT2D eigenvalue weighted by Gasteiger charge is -2.08. The lowest BCUT2D eigenvalue weighted by molar-refractivity contribution is 0.425. The van der Waals surface area contributed by atoms with Crippen LogP contribution in [-0.2, 0) is 0 Å². The number of nitrogens with zero attached hydrogens (tertiary/aromatic N) is 4. The van der Waals surface area contributed by atoms with Crippen molar-refractivity contribution in [1.29, 1.82) is 0 Å². The van der Waals surface area contributed by atoms with Crippen LogP contribution in [0, 0.1) is 27.7 Å². The van der Waals surface area contributed by atoms with Gasteiger partial charge in [0.05, 0.1) is 30.5 Å². The van der Waals surface area contributed by atoms with E-state index in [2.05, 4.69) is 61.8 Å². The fraction of sp³-hybridized carbons (Fsp3) is 0.167. The first-order chi connectivity index (χ1) is 16.1. The van der Waals surface area contributed by atoms with E-state index in [4.69, 9.17) is 21.5 Å². The van der Waals surface area contributed by atoms with E-state index in [0.717, 1.165) is 22.4 Å². The average Bonchev–Trinajstić information content (AvgIpc) is 2.77. The molecule has 0 aliphatic heterocycles. The smallest absolute Gasteiger partial charge is 0.423 e. The zero-order valence-corrected chi connectivity index (χ0v) is 21.2. The SMILES string of the molecule is Cc1cccc(C)c1-c1cnc(N)cn1.Cc1cccc(C)c1B(O)O.Nc1cnc(Br)cn1. The predicted octanol–water partition coefficient (Wildman–Crippen LogP) is 3.15. The van der Waals surface area contributed by atoms with E-state index in [0.29, 0.717) is 21.7 Å². The van der Waals surface area contributed by atoms with Crippen molar-refractivity contribution in [3.63, 3.8) is 0 Å². The van der Waals surface area contributed by atoms with Crippen LogP contribution in [0.3, 0.4) is 0 Å². The summed E-state index contributed by atoms with van der Waals surface area (Å²) in [6, 6.07) is 11.8. The Morgan fingerprint density at radius 1 is 0.676 bits per heavy atom. The standard InChI is InChI=1S/C12H13N3.C8H11BO2.C4H4BrN3/c1-8-4-3-5-9(2)12(8)10-6-15-11(13)7-14-10;1-6-4-3-5-7(2)8(6)9(10)11;5-3-1-8-4(6)2-7-3/h3-7H,1-2H3,(H2,13,15);3-5,10-11H,1-2H3;1-2H,(H2,6,8). The molecule has 8 nitrogen and oxygen atoms in total. The van der Waals surface area contributed by atoms with Crippen LogP contribution < -0.4 is 16.9 Å². The number of nitrogen functional groups attached to an aromatic ring is 2. The van der Waals surface area contributed by atoms with Crippen LogP contribution in [0.15, 0.2) is 65.8 Å². The summed E-state index contributed by atoms with van der Waals surface area (Å²) < 4.78 is 0.701. The van der Waals surface area contributed by atoms with E-state index in [1.54, 1.807) is 18.6 Å². The third kappa shape index (κ3) is 7.91. The van der Waals surface area contributed by atoms with Gasteiger partial charge in [0.15, 0.2) is 0 Å². The van der Waals surface area contributed by atoms with Crippen LogP contribution in [-0.4, -0.2) is 37.1 Å². The highest BCUT2D eigenvalue weighted by molar-refractivity contribution is 9.10. The van der Waals surface area contributed by atoms with Crippen molar-refractivity contribution in [2.24, 2.45) is 0 Å². The fourth-order valence-electron chi connectivity index (χ4n) is 3.24. The number of hydrogen-bond acceptors (Lipinski definition) is 8. The highest BCUT2D eigenvalue weighted by Gasteiger charge is 2.15. The first-order valence-electron chi connectivity index (χ1n) is 10.4. The van der Waals surface area contributed by atoms with Gasteiger partial charge in [-0.2, -0.15) is 0 Å². The molecule has 0 spiro atoms. The Hall–Kier alpha value is -3.34. The summed E-state index contributed by atoms with van der Waals surface area (Å²) in [6.45, 7) is 7.87. The van der Waals surface area contributed by atoms with Crippen molar-refractivity contribution in [2.75, 3.05) is 11.5 Å². The summed E-state index contributed by atoms with van der Waals surface area (Å²) in [6.07, 6.45) is 6.34.